The van der Waals surface area contributed by atoms with E-state index in [0.717, 1.165) is 23.7 Å². The lowest BCUT2D eigenvalue weighted by Crippen LogP contribution is -2.48. The second kappa shape index (κ2) is 6.67. The summed E-state index contributed by atoms with van der Waals surface area (Å²) in [4.78, 5) is 21.9. The number of nitrogens with zero attached hydrogens (tertiary/aromatic N) is 3. The number of carbonyl (C=O) groups is 1. The number of hydrogen-bond donors (Lipinski definition) is 0. The normalized spacial score (nSPS) is 16.1. The van der Waals surface area contributed by atoms with Gasteiger partial charge in [-0.1, -0.05) is 23.5 Å². The molecule has 6 nitrogen and oxygen atoms in total. The number of aromatic nitrogens is 1. The Hall–Kier alpha value is -2.80. The number of anilines is 1. The van der Waals surface area contributed by atoms with Gasteiger partial charge in [-0.25, -0.2) is 4.98 Å². The summed E-state index contributed by atoms with van der Waals surface area (Å²) >= 11 is 1.75. The second-order valence-corrected chi connectivity index (χ2v) is 8.20. The average molecular weight is 395 g/mol. The quantitative estimate of drug-likeness (QED) is 0.664. The van der Waals surface area contributed by atoms with Crippen LogP contribution in [0.25, 0.3) is 10.2 Å². The van der Waals surface area contributed by atoms with Gasteiger partial charge in [-0.2, -0.15) is 0 Å². The molecule has 7 heteroatoms. The number of rotatable bonds is 2. The van der Waals surface area contributed by atoms with Gasteiger partial charge in [0.15, 0.2) is 16.6 Å². The number of amides is 1. The van der Waals surface area contributed by atoms with Crippen molar-refractivity contribution in [3.8, 4) is 11.5 Å². The first kappa shape index (κ1) is 17.3. The van der Waals surface area contributed by atoms with Gasteiger partial charge in [0, 0.05) is 31.7 Å². The third-order valence-corrected chi connectivity index (χ3v) is 6.64. The van der Waals surface area contributed by atoms with Crippen LogP contribution in [0, 0.1) is 13.8 Å². The Balaban J connectivity index is 1.30. The predicted octanol–water partition coefficient (Wildman–Crippen LogP) is 3.60. The molecule has 0 N–H and O–H groups in total. The molecule has 28 heavy (non-hydrogen) atoms. The van der Waals surface area contributed by atoms with E-state index in [-0.39, 0.29) is 12.7 Å². The molecule has 3 heterocycles. The van der Waals surface area contributed by atoms with Crippen molar-refractivity contribution in [3.05, 3.63) is 47.0 Å². The molecule has 0 saturated carbocycles. The average Bonchev–Trinajstić information content (AvgIpc) is 3.37. The molecule has 144 valence electrons. The Morgan fingerprint density at radius 3 is 2.54 bits per heavy atom. The van der Waals surface area contributed by atoms with Crippen molar-refractivity contribution in [3.63, 3.8) is 0 Å². The van der Waals surface area contributed by atoms with Gasteiger partial charge < -0.3 is 19.3 Å². The van der Waals surface area contributed by atoms with Gasteiger partial charge in [-0.15, -0.1) is 0 Å². The van der Waals surface area contributed by atoms with Crippen LogP contribution in [0.5, 0.6) is 11.5 Å². The van der Waals surface area contributed by atoms with Crippen LogP contribution in [-0.2, 0) is 0 Å². The SMILES string of the molecule is Cc1ccc(C)c2sc(N3CCN(C(=O)c4ccc5c(c4)OCO5)CC3)nc12. The molecule has 1 aromatic heterocycles. The fourth-order valence-corrected chi connectivity index (χ4v) is 4.86. The largest absolute Gasteiger partial charge is 0.454 e. The smallest absolute Gasteiger partial charge is 0.254 e. The second-order valence-electron chi connectivity index (χ2n) is 7.22. The standard InChI is InChI=1S/C21H21N3O3S/c1-13-3-4-14(2)19-18(13)22-21(28-19)24-9-7-23(8-10-24)20(25)15-5-6-16-17(11-15)27-12-26-16/h3-6,11H,7-10,12H2,1-2H3. The molecule has 5 rings (SSSR count). The molecule has 2 aliphatic rings. The number of fused-ring (bicyclic) bond motifs is 2. The van der Waals surface area contributed by atoms with Gasteiger partial charge in [0.25, 0.3) is 5.91 Å². The molecule has 2 aromatic carbocycles. The van der Waals surface area contributed by atoms with Crippen LogP contribution in [0.2, 0.25) is 0 Å². The predicted molar refractivity (Wildman–Crippen MR) is 110 cm³/mol. The first-order valence-corrected chi connectivity index (χ1v) is 10.2. The number of carbonyl (C=O) groups excluding carboxylic acids is 1. The number of piperazine rings is 1. The van der Waals surface area contributed by atoms with E-state index >= 15 is 0 Å². The Morgan fingerprint density at radius 2 is 1.75 bits per heavy atom. The highest BCUT2D eigenvalue weighted by molar-refractivity contribution is 7.22. The summed E-state index contributed by atoms with van der Waals surface area (Å²) in [5.41, 5.74) is 4.21. The zero-order valence-corrected chi connectivity index (χ0v) is 16.7. The molecular weight excluding hydrogens is 374 g/mol. The Morgan fingerprint density at radius 1 is 1.00 bits per heavy atom. The Labute approximate surface area is 167 Å². The van der Waals surface area contributed by atoms with E-state index in [9.17, 15) is 4.79 Å². The summed E-state index contributed by atoms with van der Waals surface area (Å²) in [5, 5.41) is 1.04. The molecule has 0 atom stereocenters. The van der Waals surface area contributed by atoms with Crippen molar-refractivity contribution in [1.82, 2.24) is 9.88 Å². The van der Waals surface area contributed by atoms with Gasteiger partial charge in [0.05, 0.1) is 10.2 Å². The summed E-state index contributed by atoms with van der Waals surface area (Å²) in [6, 6.07) is 9.67. The van der Waals surface area contributed by atoms with Crippen molar-refractivity contribution in [2.24, 2.45) is 0 Å². The molecular formula is C21H21N3O3S. The number of aryl methyl sites for hydroxylation is 2. The minimum atomic E-state index is 0.0361. The maximum atomic E-state index is 12.9. The lowest BCUT2D eigenvalue weighted by molar-refractivity contribution is 0.0746. The van der Waals surface area contributed by atoms with Crippen molar-refractivity contribution < 1.29 is 14.3 Å². The minimum absolute atomic E-state index is 0.0361. The number of hydrogen-bond acceptors (Lipinski definition) is 6. The molecule has 0 aliphatic carbocycles. The molecule has 1 fully saturated rings. The maximum absolute atomic E-state index is 12.9. The van der Waals surface area contributed by atoms with Gasteiger partial charge in [-0.3, -0.25) is 4.79 Å². The summed E-state index contributed by atoms with van der Waals surface area (Å²) in [6.07, 6.45) is 0. The van der Waals surface area contributed by atoms with Crippen molar-refractivity contribution in [2.75, 3.05) is 37.9 Å². The monoisotopic (exact) mass is 395 g/mol. The third kappa shape index (κ3) is 2.86. The fraction of sp³-hybridized carbons (Fsp3) is 0.333. The molecule has 2 aliphatic heterocycles. The topological polar surface area (TPSA) is 54.9 Å². The minimum Gasteiger partial charge on any atom is -0.454 e. The lowest BCUT2D eigenvalue weighted by Gasteiger charge is -2.34. The highest BCUT2D eigenvalue weighted by atomic mass is 32.1. The van der Waals surface area contributed by atoms with Gasteiger partial charge >= 0.3 is 0 Å². The van der Waals surface area contributed by atoms with Crippen LogP contribution in [0.3, 0.4) is 0 Å². The first-order chi connectivity index (χ1) is 13.6. The zero-order valence-electron chi connectivity index (χ0n) is 15.9. The van der Waals surface area contributed by atoms with E-state index in [4.69, 9.17) is 14.5 Å². The van der Waals surface area contributed by atoms with E-state index in [1.54, 1.807) is 29.5 Å². The van der Waals surface area contributed by atoms with Crippen molar-refractivity contribution in [2.45, 2.75) is 13.8 Å². The lowest BCUT2D eigenvalue weighted by atomic mass is 10.1. The number of thiazole rings is 1. The van der Waals surface area contributed by atoms with Gasteiger partial charge in [-0.05, 0) is 43.2 Å². The van der Waals surface area contributed by atoms with E-state index < -0.39 is 0 Å². The van der Waals surface area contributed by atoms with E-state index in [0.29, 0.717) is 30.2 Å². The van der Waals surface area contributed by atoms with Crippen LogP contribution in [0.15, 0.2) is 30.3 Å². The zero-order chi connectivity index (χ0) is 19.3. The molecule has 1 saturated heterocycles. The van der Waals surface area contributed by atoms with Crippen LogP contribution < -0.4 is 14.4 Å². The fourth-order valence-electron chi connectivity index (χ4n) is 3.70. The molecule has 0 unspecified atom stereocenters. The highest BCUT2D eigenvalue weighted by Crippen LogP contribution is 2.34. The molecule has 0 radical (unpaired) electrons. The molecule has 3 aromatic rings. The number of ether oxygens (including phenoxy) is 2. The van der Waals surface area contributed by atoms with Crippen LogP contribution >= 0.6 is 11.3 Å². The Kier molecular flexibility index (Phi) is 4.12. The van der Waals surface area contributed by atoms with Gasteiger partial charge in [0.1, 0.15) is 0 Å². The molecule has 0 spiro atoms. The highest BCUT2D eigenvalue weighted by Gasteiger charge is 2.25. The van der Waals surface area contributed by atoms with Crippen LogP contribution in [-0.4, -0.2) is 48.8 Å². The summed E-state index contributed by atoms with van der Waals surface area (Å²) in [7, 11) is 0. The van der Waals surface area contributed by atoms with E-state index in [1.165, 1.54) is 15.8 Å². The molecule has 0 bridgehead atoms. The van der Waals surface area contributed by atoms with Crippen LogP contribution in [0.1, 0.15) is 21.5 Å². The summed E-state index contributed by atoms with van der Waals surface area (Å²) in [5.74, 6) is 1.38. The van der Waals surface area contributed by atoms with E-state index in [1.807, 2.05) is 4.90 Å². The van der Waals surface area contributed by atoms with Crippen molar-refractivity contribution in [1.29, 1.82) is 0 Å². The summed E-state index contributed by atoms with van der Waals surface area (Å²) in [6.45, 7) is 7.39. The van der Waals surface area contributed by atoms with E-state index in [2.05, 4.69) is 30.9 Å². The third-order valence-electron chi connectivity index (χ3n) is 5.39. The number of benzene rings is 2. The van der Waals surface area contributed by atoms with Crippen LogP contribution in [0.4, 0.5) is 5.13 Å². The first-order valence-electron chi connectivity index (χ1n) is 9.41. The molecule has 1 amide bonds. The van der Waals surface area contributed by atoms with Crippen molar-refractivity contribution >= 4 is 32.6 Å². The summed E-state index contributed by atoms with van der Waals surface area (Å²) < 4.78 is 12.0. The maximum Gasteiger partial charge on any atom is 0.254 e. The Bertz CT molecular complexity index is 1030. The van der Waals surface area contributed by atoms with Gasteiger partial charge in [0.2, 0.25) is 6.79 Å².